The summed E-state index contributed by atoms with van der Waals surface area (Å²) in [6, 6.07) is 8.70. The van der Waals surface area contributed by atoms with Gasteiger partial charge in [0.2, 0.25) is 0 Å². The number of carbonyl (C=O) groups excluding carboxylic acids is 1. The summed E-state index contributed by atoms with van der Waals surface area (Å²) < 4.78 is 0. The molecule has 1 N–H and O–H groups in total. The highest BCUT2D eigenvalue weighted by atomic mass is 16.1. The molecule has 3 heteroatoms. The van der Waals surface area contributed by atoms with Crippen LogP contribution in [0, 0.1) is 0 Å². The molecular weight excluding hydrogens is 320 g/mol. The number of nitrogens with one attached hydrogen (secondary N) is 1. The summed E-state index contributed by atoms with van der Waals surface area (Å²) >= 11 is 0. The molecule has 0 spiro atoms. The number of likely N-dealkylation sites (tertiary alicyclic amines) is 1. The van der Waals surface area contributed by atoms with Crippen molar-refractivity contribution in [1.82, 2.24) is 10.2 Å². The topological polar surface area (TPSA) is 32.3 Å². The molecule has 0 unspecified atom stereocenters. The molecule has 0 bridgehead atoms. The van der Waals surface area contributed by atoms with Gasteiger partial charge in [0.15, 0.2) is 0 Å². The van der Waals surface area contributed by atoms with Crippen molar-refractivity contribution in [1.29, 1.82) is 0 Å². The first kappa shape index (κ1) is 18.9. The van der Waals surface area contributed by atoms with E-state index in [1.807, 2.05) is 0 Å². The molecule has 1 aromatic rings. The fraction of sp³-hybridized carbons (Fsp3) is 0.522. The molecule has 3 nitrogen and oxygen atoms in total. The lowest BCUT2D eigenvalue weighted by Crippen LogP contribution is -2.33. The maximum absolute atomic E-state index is 12.5. The van der Waals surface area contributed by atoms with Gasteiger partial charge in [0.05, 0.1) is 0 Å². The molecule has 1 amide bonds. The van der Waals surface area contributed by atoms with E-state index in [0.29, 0.717) is 0 Å². The van der Waals surface area contributed by atoms with E-state index in [-0.39, 0.29) is 5.91 Å². The Morgan fingerprint density at radius 1 is 1.19 bits per heavy atom. The number of carbonyl (C=O) groups is 1. The van der Waals surface area contributed by atoms with Gasteiger partial charge >= 0.3 is 0 Å². The molecule has 0 atom stereocenters. The summed E-state index contributed by atoms with van der Waals surface area (Å²) in [6.45, 7) is 6.49. The first-order valence-electron chi connectivity index (χ1n) is 10.3. The third kappa shape index (κ3) is 5.31. The number of aryl methyl sites for hydroxylation is 1. The highest BCUT2D eigenvalue weighted by Gasteiger charge is 2.14. The van der Waals surface area contributed by atoms with Crippen molar-refractivity contribution in [2.24, 2.45) is 0 Å². The van der Waals surface area contributed by atoms with Crippen molar-refractivity contribution in [2.75, 3.05) is 26.2 Å². The van der Waals surface area contributed by atoms with Crippen LogP contribution in [0.4, 0.5) is 0 Å². The molecule has 1 saturated heterocycles. The monoisotopic (exact) mass is 352 g/mol. The van der Waals surface area contributed by atoms with Gasteiger partial charge in [0, 0.05) is 12.1 Å². The average molecular weight is 353 g/mol. The van der Waals surface area contributed by atoms with Gasteiger partial charge in [-0.25, -0.2) is 0 Å². The van der Waals surface area contributed by atoms with Crippen molar-refractivity contribution in [3.05, 3.63) is 53.1 Å². The number of nitrogens with zero attached hydrogens (tertiary/aromatic N) is 1. The summed E-state index contributed by atoms with van der Waals surface area (Å²) in [5.41, 5.74) is 4.71. The quantitative estimate of drug-likeness (QED) is 0.740. The smallest absolute Gasteiger partial charge is 0.250 e. The van der Waals surface area contributed by atoms with Crippen molar-refractivity contribution in [3.8, 4) is 0 Å². The second-order valence-corrected chi connectivity index (χ2v) is 7.43. The van der Waals surface area contributed by atoms with Gasteiger partial charge in [0.1, 0.15) is 0 Å². The van der Waals surface area contributed by atoms with E-state index in [9.17, 15) is 4.79 Å². The Labute approximate surface area is 158 Å². The molecule has 0 aromatic heterocycles. The van der Waals surface area contributed by atoms with Gasteiger partial charge in [-0.05, 0) is 80.9 Å². The van der Waals surface area contributed by atoms with Crippen LogP contribution in [-0.4, -0.2) is 37.0 Å². The summed E-state index contributed by atoms with van der Waals surface area (Å²) in [7, 11) is 0. The van der Waals surface area contributed by atoms with E-state index in [0.717, 1.165) is 44.3 Å². The van der Waals surface area contributed by atoms with Gasteiger partial charge < -0.3 is 10.2 Å². The van der Waals surface area contributed by atoms with Crippen LogP contribution < -0.4 is 5.32 Å². The first-order valence-corrected chi connectivity index (χ1v) is 10.3. The highest BCUT2D eigenvalue weighted by Crippen LogP contribution is 2.27. The van der Waals surface area contributed by atoms with Gasteiger partial charge in [0.25, 0.3) is 5.91 Å². The Kier molecular flexibility index (Phi) is 7.07. The normalized spacial score (nSPS) is 18.2. The Morgan fingerprint density at radius 2 is 2.04 bits per heavy atom. The summed E-state index contributed by atoms with van der Waals surface area (Å²) in [5, 5.41) is 3.11. The summed E-state index contributed by atoms with van der Waals surface area (Å²) in [4.78, 5) is 15.0. The van der Waals surface area contributed by atoms with Gasteiger partial charge in [-0.15, -0.1) is 0 Å². The standard InChI is InChI=1S/C23H32N2O/c1-2-19-9-6-10-20(17-19)21-11-7-12-22(18-21)23(26)24-13-8-16-25-14-4-3-5-15-25/h6,9-10,12,17-18H,2-5,7-8,11,13-16H2,1H3,(H,24,26). The molecule has 1 aromatic carbocycles. The van der Waals surface area contributed by atoms with Crippen LogP contribution in [0.2, 0.25) is 0 Å². The fourth-order valence-electron chi connectivity index (χ4n) is 3.87. The fourth-order valence-corrected chi connectivity index (χ4v) is 3.87. The lowest BCUT2D eigenvalue weighted by molar-refractivity contribution is -0.117. The zero-order valence-electron chi connectivity index (χ0n) is 16.1. The third-order valence-corrected chi connectivity index (χ3v) is 5.46. The maximum Gasteiger partial charge on any atom is 0.250 e. The minimum absolute atomic E-state index is 0.0764. The molecule has 3 rings (SSSR count). The number of allylic oxidation sites excluding steroid dienone is 2. The van der Waals surface area contributed by atoms with Crippen molar-refractivity contribution in [3.63, 3.8) is 0 Å². The van der Waals surface area contributed by atoms with Crippen LogP contribution in [0.15, 0.2) is 42.0 Å². The summed E-state index contributed by atoms with van der Waals surface area (Å²) in [6.07, 6.45) is 12.2. The zero-order chi connectivity index (χ0) is 18.2. The Balaban J connectivity index is 1.50. The lowest BCUT2D eigenvalue weighted by Gasteiger charge is -2.26. The summed E-state index contributed by atoms with van der Waals surface area (Å²) in [5.74, 6) is 0.0764. The molecule has 0 saturated carbocycles. The predicted molar refractivity (Wildman–Crippen MR) is 109 cm³/mol. The second kappa shape index (κ2) is 9.72. The average Bonchev–Trinajstić information content (AvgIpc) is 2.72. The lowest BCUT2D eigenvalue weighted by atomic mass is 9.92. The molecule has 2 aliphatic rings. The Morgan fingerprint density at radius 3 is 2.85 bits per heavy atom. The van der Waals surface area contributed by atoms with Crippen LogP contribution in [0.5, 0.6) is 0 Å². The van der Waals surface area contributed by atoms with E-state index < -0.39 is 0 Å². The van der Waals surface area contributed by atoms with Gasteiger partial charge in [-0.1, -0.05) is 43.7 Å². The second-order valence-electron chi connectivity index (χ2n) is 7.43. The van der Waals surface area contributed by atoms with Crippen LogP contribution in [0.3, 0.4) is 0 Å². The number of rotatable bonds is 7. The number of piperidine rings is 1. The van der Waals surface area contributed by atoms with E-state index in [4.69, 9.17) is 0 Å². The van der Waals surface area contributed by atoms with E-state index in [1.54, 1.807) is 0 Å². The molecular formula is C23H32N2O. The Bertz CT molecular complexity index is 669. The van der Waals surface area contributed by atoms with E-state index in [2.05, 4.69) is 53.6 Å². The SMILES string of the molecule is CCc1cccc(C2=CC(C(=O)NCCCN3CCCCC3)=CCC2)c1. The molecule has 1 heterocycles. The zero-order valence-corrected chi connectivity index (χ0v) is 16.1. The van der Waals surface area contributed by atoms with Crippen LogP contribution in [0.25, 0.3) is 5.57 Å². The Hall–Kier alpha value is -1.87. The maximum atomic E-state index is 12.5. The minimum atomic E-state index is 0.0764. The molecule has 140 valence electrons. The van der Waals surface area contributed by atoms with Crippen molar-refractivity contribution >= 4 is 11.5 Å². The number of benzene rings is 1. The molecule has 0 radical (unpaired) electrons. The van der Waals surface area contributed by atoms with Crippen LogP contribution in [-0.2, 0) is 11.2 Å². The van der Waals surface area contributed by atoms with Gasteiger partial charge in [-0.2, -0.15) is 0 Å². The van der Waals surface area contributed by atoms with Crippen molar-refractivity contribution < 1.29 is 4.79 Å². The largest absolute Gasteiger partial charge is 0.352 e. The number of hydrogen-bond donors (Lipinski definition) is 1. The first-order chi connectivity index (χ1) is 12.8. The van der Waals surface area contributed by atoms with Crippen molar-refractivity contribution in [2.45, 2.75) is 51.9 Å². The number of amides is 1. The molecule has 1 aliphatic carbocycles. The van der Waals surface area contributed by atoms with Crippen LogP contribution >= 0.6 is 0 Å². The third-order valence-electron chi connectivity index (χ3n) is 5.46. The molecule has 1 aliphatic heterocycles. The van der Waals surface area contributed by atoms with E-state index in [1.165, 1.54) is 49.1 Å². The number of hydrogen-bond acceptors (Lipinski definition) is 2. The predicted octanol–water partition coefficient (Wildman–Crippen LogP) is 4.34. The minimum Gasteiger partial charge on any atom is -0.352 e. The van der Waals surface area contributed by atoms with E-state index >= 15 is 0 Å². The molecule has 1 fully saturated rings. The highest BCUT2D eigenvalue weighted by molar-refractivity contribution is 5.98. The van der Waals surface area contributed by atoms with Crippen LogP contribution in [0.1, 0.15) is 56.6 Å². The molecule has 26 heavy (non-hydrogen) atoms. The van der Waals surface area contributed by atoms with Gasteiger partial charge in [-0.3, -0.25) is 4.79 Å².